The summed E-state index contributed by atoms with van der Waals surface area (Å²) in [6.07, 6.45) is 11.2. The van der Waals surface area contributed by atoms with Gasteiger partial charge in [0.05, 0.1) is 5.41 Å². The first kappa shape index (κ1) is 29.8. The van der Waals surface area contributed by atoms with E-state index in [1.54, 1.807) is 0 Å². The number of benzene rings is 5. The Morgan fingerprint density at radius 3 is 1.51 bits per heavy atom. The largest absolute Gasteiger partial charge is 0.143 e. The summed E-state index contributed by atoms with van der Waals surface area (Å²) in [6.45, 7) is 2.21. The van der Waals surface area contributed by atoms with Crippen molar-refractivity contribution in [1.29, 1.82) is 0 Å². The van der Waals surface area contributed by atoms with E-state index in [2.05, 4.69) is 128 Å². The molecule has 4 heteroatoms. The number of rotatable bonds is 6. The molecule has 1 unspecified atom stereocenters. The molecule has 0 saturated carbocycles. The summed E-state index contributed by atoms with van der Waals surface area (Å²) >= 11 is 19.5. The van der Waals surface area contributed by atoms with Crippen molar-refractivity contribution in [2.45, 2.75) is 31.9 Å². The number of hydrogen-bond donors (Lipinski definition) is 4. The van der Waals surface area contributed by atoms with Crippen molar-refractivity contribution in [3.05, 3.63) is 168 Å². The average molecular weight is 629 g/mol. The van der Waals surface area contributed by atoms with Crippen LogP contribution in [-0.4, -0.2) is 0 Å². The van der Waals surface area contributed by atoms with Crippen LogP contribution in [0, 0.1) is 5.92 Å². The summed E-state index contributed by atoms with van der Waals surface area (Å²) in [7, 11) is 0. The lowest BCUT2D eigenvalue weighted by molar-refractivity contribution is 0.741. The Balaban J connectivity index is 1.73. The van der Waals surface area contributed by atoms with Gasteiger partial charge in [0.15, 0.2) is 0 Å². The molecule has 1 aliphatic rings. The second-order valence-electron chi connectivity index (χ2n) is 10.8. The van der Waals surface area contributed by atoms with Crippen molar-refractivity contribution >= 4 is 50.5 Å². The van der Waals surface area contributed by atoms with Gasteiger partial charge in [0, 0.05) is 19.6 Å². The standard InChI is InChI=1S/C39H32S4/c1-26-10-9-13-28(19-18-26)39(27-11-3-2-4-12-27,29-20-22-37(42)33(24-29)31-14-5-7-16-35(31)40)30-21-23-38(43)34(25-30)32-15-6-8-17-36(32)41/h2-26,40-43H,1H3. The molecule has 0 fully saturated rings. The van der Waals surface area contributed by atoms with Gasteiger partial charge in [-0.3, -0.25) is 0 Å². The zero-order valence-electron chi connectivity index (χ0n) is 23.7. The second kappa shape index (κ2) is 12.8. The summed E-state index contributed by atoms with van der Waals surface area (Å²) in [4.78, 5) is 3.64. The highest BCUT2D eigenvalue weighted by atomic mass is 32.1. The van der Waals surface area contributed by atoms with E-state index in [-0.39, 0.29) is 0 Å². The van der Waals surface area contributed by atoms with Gasteiger partial charge >= 0.3 is 0 Å². The lowest BCUT2D eigenvalue weighted by Gasteiger charge is -2.38. The molecule has 0 heterocycles. The van der Waals surface area contributed by atoms with Gasteiger partial charge in [-0.25, -0.2) is 0 Å². The van der Waals surface area contributed by atoms with Gasteiger partial charge in [0.25, 0.3) is 0 Å². The van der Waals surface area contributed by atoms with Crippen LogP contribution in [0.3, 0.4) is 0 Å². The quantitative estimate of drug-likeness (QED) is 0.104. The lowest BCUT2D eigenvalue weighted by atomic mass is 9.63. The van der Waals surface area contributed by atoms with Gasteiger partial charge in [-0.15, -0.1) is 50.5 Å². The van der Waals surface area contributed by atoms with Crippen LogP contribution in [0.2, 0.25) is 0 Å². The number of allylic oxidation sites excluding steroid dienone is 6. The first-order valence-corrected chi connectivity index (χ1v) is 16.0. The fourth-order valence-corrected chi connectivity index (χ4v) is 7.10. The molecule has 0 amide bonds. The lowest BCUT2D eigenvalue weighted by Crippen LogP contribution is -2.31. The van der Waals surface area contributed by atoms with Crippen molar-refractivity contribution in [3.63, 3.8) is 0 Å². The van der Waals surface area contributed by atoms with Gasteiger partial charge in [-0.05, 0) is 86.8 Å². The minimum absolute atomic E-state index is 0.320. The van der Waals surface area contributed by atoms with Crippen molar-refractivity contribution in [3.8, 4) is 22.3 Å². The Labute approximate surface area is 276 Å². The minimum atomic E-state index is -0.657. The number of hydrogen-bond acceptors (Lipinski definition) is 4. The molecular weight excluding hydrogens is 597 g/mol. The first-order valence-electron chi connectivity index (χ1n) is 14.3. The van der Waals surface area contributed by atoms with Crippen LogP contribution in [0.4, 0.5) is 0 Å². The molecule has 43 heavy (non-hydrogen) atoms. The Hall–Kier alpha value is -3.28. The molecular formula is C39H32S4. The van der Waals surface area contributed by atoms with Gasteiger partial charge in [-0.2, -0.15) is 0 Å². The Kier molecular flexibility index (Phi) is 8.83. The smallest absolute Gasteiger partial charge is 0.0701 e. The predicted molar refractivity (Wildman–Crippen MR) is 195 cm³/mol. The maximum atomic E-state index is 4.93. The summed E-state index contributed by atoms with van der Waals surface area (Å²) in [6, 6.07) is 40.4. The molecule has 6 rings (SSSR count). The highest BCUT2D eigenvalue weighted by Crippen LogP contribution is 2.49. The van der Waals surface area contributed by atoms with Crippen LogP contribution in [0.25, 0.3) is 22.3 Å². The molecule has 0 spiro atoms. The zero-order valence-corrected chi connectivity index (χ0v) is 27.3. The third kappa shape index (κ3) is 5.70. The molecule has 0 nitrogen and oxygen atoms in total. The second-order valence-corrected chi connectivity index (χ2v) is 12.8. The Bertz CT molecular complexity index is 1790. The topological polar surface area (TPSA) is 0 Å². The first-order chi connectivity index (χ1) is 20.9. The third-order valence-corrected chi connectivity index (χ3v) is 9.72. The van der Waals surface area contributed by atoms with Crippen LogP contribution >= 0.6 is 50.5 Å². The van der Waals surface area contributed by atoms with E-state index in [0.717, 1.165) is 53.0 Å². The van der Waals surface area contributed by atoms with Crippen molar-refractivity contribution in [2.24, 2.45) is 5.92 Å². The third-order valence-electron chi connectivity index (χ3n) is 8.16. The molecule has 212 valence electrons. The molecule has 0 N–H and O–H groups in total. The fraction of sp³-hybridized carbons (Fsp3) is 0.0769. The molecule has 1 atom stereocenters. The molecule has 0 saturated heterocycles. The van der Waals surface area contributed by atoms with Crippen LogP contribution < -0.4 is 0 Å². The van der Waals surface area contributed by atoms with E-state index >= 15 is 0 Å². The molecule has 5 aromatic carbocycles. The van der Waals surface area contributed by atoms with Crippen LogP contribution in [-0.2, 0) is 5.41 Å². The summed E-state index contributed by atoms with van der Waals surface area (Å²) in [5.41, 5.74) is 8.15. The van der Waals surface area contributed by atoms with E-state index in [0.29, 0.717) is 5.92 Å². The minimum Gasteiger partial charge on any atom is -0.143 e. The summed E-state index contributed by atoms with van der Waals surface area (Å²) in [5, 5.41) is 0. The predicted octanol–water partition coefficient (Wildman–Crippen LogP) is 11.2. The Morgan fingerprint density at radius 1 is 0.488 bits per heavy atom. The normalized spacial score (nSPS) is 14.8. The van der Waals surface area contributed by atoms with Crippen LogP contribution in [0.15, 0.2) is 171 Å². The van der Waals surface area contributed by atoms with E-state index in [1.807, 2.05) is 24.3 Å². The SMILES string of the molecule is CC1C=CC=C(C(c2ccccc2)(c2ccc(S)c(-c3ccccc3S)c2)c2ccc(S)c(-c3ccccc3S)c2)C=C1. The van der Waals surface area contributed by atoms with Crippen LogP contribution in [0.5, 0.6) is 0 Å². The van der Waals surface area contributed by atoms with Gasteiger partial charge in [-0.1, -0.05) is 116 Å². The number of thiol groups is 4. The van der Waals surface area contributed by atoms with Gasteiger partial charge in [0.2, 0.25) is 0 Å². The summed E-state index contributed by atoms with van der Waals surface area (Å²) in [5.74, 6) is 0.320. The highest BCUT2D eigenvalue weighted by molar-refractivity contribution is 7.81. The van der Waals surface area contributed by atoms with Gasteiger partial charge in [0.1, 0.15) is 0 Å². The highest BCUT2D eigenvalue weighted by Gasteiger charge is 2.40. The molecule has 0 aliphatic heterocycles. The summed E-state index contributed by atoms with van der Waals surface area (Å²) < 4.78 is 0. The monoisotopic (exact) mass is 628 g/mol. The maximum absolute atomic E-state index is 4.93. The van der Waals surface area contributed by atoms with Crippen molar-refractivity contribution < 1.29 is 0 Å². The zero-order chi connectivity index (χ0) is 30.0. The Morgan fingerprint density at radius 2 is 0.977 bits per heavy atom. The average Bonchev–Trinajstić information content (AvgIpc) is 3.25. The van der Waals surface area contributed by atoms with Crippen molar-refractivity contribution in [1.82, 2.24) is 0 Å². The fourth-order valence-electron chi connectivity index (χ4n) is 6.02. The maximum Gasteiger partial charge on any atom is 0.0701 e. The molecule has 1 aliphatic carbocycles. The van der Waals surface area contributed by atoms with Crippen LogP contribution in [0.1, 0.15) is 23.6 Å². The van der Waals surface area contributed by atoms with E-state index in [4.69, 9.17) is 50.5 Å². The molecule has 0 aromatic heterocycles. The molecule has 0 bridgehead atoms. The van der Waals surface area contributed by atoms with E-state index in [9.17, 15) is 0 Å². The van der Waals surface area contributed by atoms with Gasteiger partial charge < -0.3 is 0 Å². The molecule has 0 radical (unpaired) electrons. The van der Waals surface area contributed by atoms with E-state index < -0.39 is 5.41 Å². The van der Waals surface area contributed by atoms with Crippen molar-refractivity contribution in [2.75, 3.05) is 0 Å². The molecule has 5 aromatic rings. The van der Waals surface area contributed by atoms with E-state index in [1.165, 1.54) is 11.1 Å².